The molecule has 0 aliphatic carbocycles. The number of hydrogen-bond donors (Lipinski definition) is 3. The summed E-state index contributed by atoms with van der Waals surface area (Å²) in [6.07, 6.45) is 0.808. The van der Waals surface area contributed by atoms with Gasteiger partial charge in [0.1, 0.15) is 0 Å². The van der Waals surface area contributed by atoms with Crippen molar-refractivity contribution >= 4 is 17.6 Å². The second kappa shape index (κ2) is 5.08. The van der Waals surface area contributed by atoms with Gasteiger partial charge in [0, 0.05) is 31.6 Å². The van der Waals surface area contributed by atoms with Gasteiger partial charge in [0.15, 0.2) is 0 Å². The lowest BCUT2D eigenvalue weighted by molar-refractivity contribution is -0.118. The Labute approximate surface area is 105 Å². The van der Waals surface area contributed by atoms with Crippen LogP contribution in [0.4, 0.5) is 5.69 Å². The molecule has 1 unspecified atom stereocenters. The number of carbonyl (C=O) groups excluding carboxylic acids is 1. The summed E-state index contributed by atoms with van der Waals surface area (Å²) in [5.74, 6) is -0.697. The van der Waals surface area contributed by atoms with Crippen molar-refractivity contribution in [2.24, 2.45) is 0 Å². The Morgan fingerprint density at radius 3 is 2.94 bits per heavy atom. The van der Waals surface area contributed by atoms with Gasteiger partial charge in [-0.2, -0.15) is 0 Å². The highest BCUT2D eigenvalue weighted by Gasteiger charge is 2.23. The second-order valence-corrected chi connectivity index (χ2v) is 4.46. The Balaban J connectivity index is 2.08. The molecule has 0 aromatic heterocycles. The molecule has 3 N–H and O–H groups in total. The van der Waals surface area contributed by atoms with Crippen LogP contribution in [0.2, 0.25) is 0 Å². The zero-order valence-corrected chi connectivity index (χ0v) is 10.2. The van der Waals surface area contributed by atoms with Crippen molar-refractivity contribution in [3.63, 3.8) is 0 Å². The van der Waals surface area contributed by atoms with E-state index in [1.54, 1.807) is 18.2 Å². The molecular weight excluding hydrogens is 232 g/mol. The van der Waals surface area contributed by atoms with Gasteiger partial charge in [-0.3, -0.25) is 4.79 Å². The van der Waals surface area contributed by atoms with Crippen LogP contribution in [0.25, 0.3) is 0 Å². The van der Waals surface area contributed by atoms with Gasteiger partial charge in [-0.25, -0.2) is 4.79 Å². The van der Waals surface area contributed by atoms with E-state index in [1.807, 2.05) is 0 Å². The molecule has 0 spiro atoms. The first kappa shape index (κ1) is 12.4. The normalized spacial score (nSPS) is 16.8. The monoisotopic (exact) mass is 248 g/mol. The molecule has 1 heterocycles. The lowest BCUT2D eigenvalue weighted by Crippen LogP contribution is -2.22. The van der Waals surface area contributed by atoms with Crippen LogP contribution < -0.4 is 10.6 Å². The molecule has 2 rings (SSSR count). The van der Waals surface area contributed by atoms with Crippen molar-refractivity contribution in [3.05, 3.63) is 29.3 Å². The van der Waals surface area contributed by atoms with Crippen molar-refractivity contribution in [2.75, 3.05) is 18.4 Å². The van der Waals surface area contributed by atoms with Crippen LogP contribution in [0.5, 0.6) is 0 Å². The van der Waals surface area contributed by atoms with Crippen LogP contribution in [-0.4, -0.2) is 30.1 Å². The summed E-state index contributed by atoms with van der Waals surface area (Å²) in [4.78, 5) is 21.7. The van der Waals surface area contributed by atoms with Gasteiger partial charge < -0.3 is 15.7 Å². The third-order valence-corrected chi connectivity index (χ3v) is 3.14. The van der Waals surface area contributed by atoms with E-state index < -0.39 is 5.97 Å². The summed E-state index contributed by atoms with van der Waals surface area (Å²) >= 11 is 0. The molecule has 1 atom stereocenters. The van der Waals surface area contributed by atoms with Crippen molar-refractivity contribution in [1.29, 1.82) is 0 Å². The number of aromatic carboxylic acids is 1. The lowest BCUT2D eigenvalue weighted by atomic mass is 9.96. The zero-order valence-electron chi connectivity index (χ0n) is 10.2. The Hall–Kier alpha value is -2.04. The fourth-order valence-corrected chi connectivity index (χ4v) is 2.22. The van der Waals surface area contributed by atoms with Gasteiger partial charge in [-0.15, -0.1) is 0 Å². The summed E-state index contributed by atoms with van der Waals surface area (Å²) in [7, 11) is 0. The largest absolute Gasteiger partial charge is 0.478 e. The maximum atomic E-state index is 10.9. The molecule has 1 aromatic rings. The quantitative estimate of drug-likeness (QED) is 0.753. The molecule has 0 fully saturated rings. The van der Waals surface area contributed by atoms with E-state index in [0.717, 1.165) is 24.2 Å². The van der Waals surface area contributed by atoms with Gasteiger partial charge in [-0.1, -0.05) is 0 Å². The van der Waals surface area contributed by atoms with E-state index in [4.69, 9.17) is 5.11 Å². The molecule has 1 aliphatic rings. The van der Waals surface area contributed by atoms with Crippen LogP contribution in [0.15, 0.2) is 18.2 Å². The Morgan fingerprint density at radius 2 is 2.28 bits per heavy atom. The van der Waals surface area contributed by atoms with Crippen LogP contribution in [0.3, 0.4) is 0 Å². The molecule has 1 aromatic carbocycles. The predicted octanol–water partition coefficient (Wildman–Crippen LogP) is 1.42. The van der Waals surface area contributed by atoms with Gasteiger partial charge in [0.2, 0.25) is 5.91 Å². The highest BCUT2D eigenvalue weighted by Crippen LogP contribution is 2.34. The average molecular weight is 248 g/mol. The number of carboxylic acid groups (broad SMARTS) is 1. The molecule has 0 radical (unpaired) electrons. The fraction of sp³-hybridized carbons (Fsp3) is 0.385. The average Bonchev–Trinajstić information content (AvgIpc) is 2.71. The first-order chi connectivity index (χ1) is 8.58. The summed E-state index contributed by atoms with van der Waals surface area (Å²) < 4.78 is 0. The number of rotatable bonds is 4. The standard InChI is InChI=1S/C13H16N2O3/c1-8(16)14-5-4-10-7-15-12-3-2-9(13(17)18)6-11(10)12/h2-3,6,10,15H,4-5,7H2,1H3,(H,14,16)(H,17,18). The maximum Gasteiger partial charge on any atom is 0.335 e. The van der Waals surface area contributed by atoms with Gasteiger partial charge in [-0.05, 0) is 30.2 Å². The van der Waals surface area contributed by atoms with Gasteiger partial charge in [0.05, 0.1) is 5.56 Å². The number of hydrogen-bond acceptors (Lipinski definition) is 3. The smallest absolute Gasteiger partial charge is 0.335 e. The minimum Gasteiger partial charge on any atom is -0.478 e. The van der Waals surface area contributed by atoms with E-state index in [0.29, 0.717) is 12.1 Å². The van der Waals surface area contributed by atoms with Gasteiger partial charge in [0.25, 0.3) is 0 Å². The third-order valence-electron chi connectivity index (χ3n) is 3.14. The van der Waals surface area contributed by atoms with Crippen molar-refractivity contribution in [3.8, 4) is 0 Å². The zero-order chi connectivity index (χ0) is 13.1. The topological polar surface area (TPSA) is 78.4 Å². The number of nitrogens with one attached hydrogen (secondary N) is 2. The first-order valence-corrected chi connectivity index (χ1v) is 5.93. The highest BCUT2D eigenvalue weighted by molar-refractivity contribution is 5.88. The third kappa shape index (κ3) is 2.61. The Morgan fingerprint density at radius 1 is 1.50 bits per heavy atom. The molecule has 1 amide bonds. The SMILES string of the molecule is CC(=O)NCCC1CNc2ccc(C(=O)O)cc21. The number of carbonyl (C=O) groups is 2. The van der Waals surface area contributed by atoms with Crippen molar-refractivity contribution < 1.29 is 14.7 Å². The summed E-state index contributed by atoms with van der Waals surface area (Å²) in [5.41, 5.74) is 2.33. The summed E-state index contributed by atoms with van der Waals surface area (Å²) in [5, 5.41) is 15.0. The van der Waals surface area contributed by atoms with Crippen LogP contribution in [0, 0.1) is 0 Å². The Bertz CT molecular complexity index is 485. The van der Waals surface area contributed by atoms with Gasteiger partial charge >= 0.3 is 5.97 Å². The molecule has 0 bridgehead atoms. The minimum absolute atomic E-state index is 0.0412. The molecule has 0 saturated heterocycles. The van der Waals surface area contributed by atoms with Crippen LogP contribution in [0.1, 0.15) is 35.2 Å². The molecular formula is C13H16N2O3. The summed E-state index contributed by atoms with van der Waals surface area (Å²) in [6.45, 7) is 2.89. The minimum atomic E-state index is -0.912. The van der Waals surface area contributed by atoms with Crippen LogP contribution in [-0.2, 0) is 4.79 Å². The van der Waals surface area contributed by atoms with Crippen molar-refractivity contribution in [2.45, 2.75) is 19.3 Å². The summed E-state index contributed by atoms with van der Waals surface area (Å²) in [6, 6.07) is 5.12. The van der Waals surface area contributed by atoms with E-state index in [1.165, 1.54) is 6.92 Å². The second-order valence-electron chi connectivity index (χ2n) is 4.46. The number of amides is 1. The molecule has 1 aliphatic heterocycles. The number of benzene rings is 1. The van der Waals surface area contributed by atoms with E-state index in [-0.39, 0.29) is 11.8 Å². The fourth-order valence-electron chi connectivity index (χ4n) is 2.22. The van der Waals surface area contributed by atoms with Crippen LogP contribution >= 0.6 is 0 Å². The van der Waals surface area contributed by atoms with E-state index in [2.05, 4.69) is 10.6 Å². The lowest BCUT2D eigenvalue weighted by Gasteiger charge is -2.10. The predicted molar refractivity (Wildman–Crippen MR) is 67.9 cm³/mol. The highest BCUT2D eigenvalue weighted by atomic mass is 16.4. The molecule has 5 nitrogen and oxygen atoms in total. The Kier molecular flexibility index (Phi) is 3.50. The van der Waals surface area contributed by atoms with E-state index in [9.17, 15) is 9.59 Å². The number of fused-ring (bicyclic) bond motifs is 1. The molecule has 0 saturated carbocycles. The molecule has 5 heteroatoms. The van der Waals surface area contributed by atoms with E-state index >= 15 is 0 Å². The first-order valence-electron chi connectivity index (χ1n) is 5.93. The maximum absolute atomic E-state index is 10.9. The number of carboxylic acids is 1. The molecule has 96 valence electrons. The number of anilines is 1. The van der Waals surface area contributed by atoms with Crippen molar-refractivity contribution in [1.82, 2.24) is 5.32 Å². The molecule has 18 heavy (non-hydrogen) atoms.